The molecule has 2 aromatic carbocycles. The number of rotatable bonds is 6. The predicted molar refractivity (Wildman–Crippen MR) is 106 cm³/mol. The van der Waals surface area contributed by atoms with Crippen molar-refractivity contribution in [2.75, 3.05) is 0 Å². The van der Waals surface area contributed by atoms with Crippen LogP contribution in [0.3, 0.4) is 0 Å². The summed E-state index contributed by atoms with van der Waals surface area (Å²) in [6, 6.07) is 12.1. The smallest absolute Gasteiger partial charge is 0.325 e. The third kappa shape index (κ3) is 6.23. The van der Waals surface area contributed by atoms with Gasteiger partial charge in [-0.25, -0.2) is 0 Å². The molecule has 0 radical (unpaired) electrons. The van der Waals surface area contributed by atoms with Crippen molar-refractivity contribution in [3.05, 3.63) is 74.9 Å². The molecule has 2 amide bonds. The fourth-order valence-corrected chi connectivity index (χ4v) is 2.41. The van der Waals surface area contributed by atoms with Gasteiger partial charge in [-0.2, -0.15) is 0 Å². The third-order valence-electron chi connectivity index (χ3n) is 3.50. The number of hydrogen-bond acceptors (Lipinski definition) is 3. The van der Waals surface area contributed by atoms with Crippen LogP contribution in [-0.4, -0.2) is 28.9 Å². The van der Waals surface area contributed by atoms with Crippen LogP contribution in [0.5, 0.6) is 0 Å². The second-order valence-electron chi connectivity index (χ2n) is 5.60. The molecule has 2 rings (SSSR count). The van der Waals surface area contributed by atoms with E-state index in [0.717, 1.165) is 4.47 Å². The summed E-state index contributed by atoms with van der Waals surface area (Å²) in [5.41, 5.74) is 0.876. The first-order chi connectivity index (χ1) is 12.8. The van der Waals surface area contributed by atoms with E-state index in [-0.39, 0.29) is 5.70 Å². The third-order valence-corrected chi connectivity index (χ3v) is 4.28. The van der Waals surface area contributed by atoms with Crippen LogP contribution in [0, 0.1) is 0 Å². The normalized spacial score (nSPS) is 12.2. The summed E-state index contributed by atoms with van der Waals surface area (Å²) in [6.45, 7) is 1.33. The van der Waals surface area contributed by atoms with Crippen LogP contribution in [0.1, 0.15) is 22.8 Å². The monoisotopic (exact) mass is 450 g/mol. The van der Waals surface area contributed by atoms with Crippen molar-refractivity contribution in [3.63, 3.8) is 0 Å². The lowest BCUT2D eigenvalue weighted by atomic mass is 10.1. The summed E-state index contributed by atoms with van der Waals surface area (Å²) in [7, 11) is 0. The minimum atomic E-state index is -1.19. The molecule has 140 valence electrons. The molecule has 0 saturated heterocycles. The summed E-state index contributed by atoms with van der Waals surface area (Å²) in [4.78, 5) is 35.9. The van der Waals surface area contributed by atoms with Crippen LogP contribution in [0.4, 0.5) is 0 Å². The number of hydrogen-bond donors (Lipinski definition) is 3. The van der Waals surface area contributed by atoms with Gasteiger partial charge in [0.25, 0.3) is 11.8 Å². The number of aliphatic carboxylic acids is 1. The molecule has 0 spiro atoms. The second kappa shape index (κ2) is 9.34. The molecule has 0 bridgehead atoms. The fourth-order valence-electron chi connectivity index (χ4n) is 2.02. The van der Waals surface area contributed by atoms with E-state index in [4.69, 9.17) is 16.7 Å². The lowest BCUT2D eigenvalue weighted by Crippen LogP contribution is -2.42. The zero-order valence-corrected chi connectivity index (χ0v) is 16.5. The Morgan fingerprint density at radius 3 is 2.22 bits per heavy atom. The van der Waals surface area contributed by atoms with Crippen LogP contribution in [0.25, 0.3) is 6.08 Å². The molecule has 0 saturated carbocycles. The van der Waals surface area contributed by atoms with Gasteiger partial charge < -0.3 is 15.7 Å². The van der Waals surface area contributed by atoms with E-state index in [9.17, 15) is 14.4 Å². The number of carboxylic acids is 1. The van der Waals surface area contributed by atoms with E-state index in [1.54, 1.807) is 48.5 Å². The van der Waals surface area contributed by atoms with E-state index in [1.165, 1.54) is 13.0 Å². The molecule has 1 atom stereocenters. The number of benzene rings is 2. The average molecular weight is 452 g/mol. The highest BCUT2D eigenvalue weighted by Crippen LogP contribution is 2.14. The average Bonchev–Trinajstić information content (AvgIpc) is 2.63. The molecule has 6 nitrogen and oxygen atoms in total. The highest BCUT2D eigenvalue weighted by atomic mass is 79.9. The molecule has 0 fully saturated rings. The Balaban J connectivity index is 2.29. The van der Waals surface area contributed by atoms with Crippen LogP contribution >= 0.6 is 27.5 Å². The number of nitrogens with one attached hydrogen (secondary N) is 2. The van der Waals surface area contributed by atoms with Crippen LogP contribution in [0.2, 0.25) is 5.02 Å². The van der Waals surface area contributed by atoms with Crippen molar-refractivity contribution in [1.29, 1.82) is 0 Å². The predicted octanol–water partition coefficient (Wildman–Crippen LogP) is 3.46. The number of carbonyl (C=O) groups is 3. The summed E-state index contributed by atoms with van der Waals surface area (Å²) in [5, 5.41) is 14.4. The Morgan fingerprint density at radius 1 is 1.07 bits per heavy atom. The Hall–Kier alpha value is -2.64. The molecule has 0 aromatic heterocycles. The Morgan fingerprint density at radius 2 is 1.67 bits per heavy atom. The summed E-state index contributed by atoms with van der Waals surface area (Å²) in [6.07, 6.45) is 1.44. The van der Waals surface area contributed by atoms with Gasteiger partial charge in [0.1, 0.15) is 11.7 Å². The van der Waals surface area contributed by atoms with E-state index in [1.807, 2.05) is 0 Å². The number of carbonyl (C=O) groups excluding carboxylic acids is 2. The van der Waals surface area contributed by atoms with Gasteiger partial charge in [-0.05, 0) is 55.0 Å². The first kappa shape index (κ1) is 20.7. The minimum Gasteiger partial charge on any atom is -0.480 e. The standard InChI is InChI=1S/C19H16BrClN2O4/c1-11(19(26)27)22-18(25)16(10-12-2-8-15(21)9-3-12)23-17(24)13-4-6-14(20)7-5-13/h2-11H,1H3,(H,22,25)(H,23,24)(H,26,27)/b16-10+/t11-/m1/s1. The molecule has 0 aliphatic carbocycles. The Labute approximate surface area is 169 Å². The molecule has 27 heavy (non-hydrogen) atoms. The molecule has 0 heterocycles. The first-order valence-electron chi connectivity index (χ1n) is 7.84. The molecule has 0 aliphatic rings. The van der Waals surface area contributed by atoms with Crippen LogP contribution in [-0.2, 0) is 9.59 Å². The van der Waals surface area contributed by atoms with Crippen molar-refractivity contribution in [1.82, 2.24) is 10.6 Å². The molecule has 3 N–H and O–H groups in total. The minimum absolute atomic E-state index is 0.0849. The number of carboxylic acid groups (broad SMARTS) is 1. The van der Waals surface area contributed by atoms with Gasteiger partial charge >= 0.3 is 5.97 Å². The van der Waals surface area contributed by atoms with Crippen LogP contribution in [0.15, 0.2) is 58.7 Å². The quantitative estimate of drug-likeness (QED) is 0.586. The van der Waals surface area contributed by atoms with E-state index >= 15 is 0 Å². The molecular weight excluding hydrogens is 436 g/mol. The molecule has 8 heteroatoms. The molecule has 0 unspecified atom stereocenters. The van der Waals surface area contributed by atoms with Gasteiger partial charge in [-0.15, -0.1) is 0 Å². The Kier molecular flexibility index (Phi) is 7.15. The van der Waals surface area contributed by atoms with Crippen molar-refractivity contribution >= 4 is 51.4 Å². The maximum absolute atomic E-state index is 12.5. The zero-order chi connectivity index (χ0) is 20.0. The second-order valence-corrected chi connectivity index (χ2v) is 6.96. The number of halogens is 2. The highest BCUT2D eigenvalue weighted by Gasteiger charge is 2.19. The summed E-state index contributed by atoms with van der Waals surface area (Å²) in [5.74, 6) is -2.40. The van der Waals surface area contributed by atoms with Gasteiger partial charge in [0, 0.05) is 15.1 Å². The van der Waals surface area contributed by atoms with Crippen molar-refractivity contribution < 1.29 is 19.5 Å². The first-order valence-corrected chi connectivity index (χ1v) is 9.01. The lowest BCUT2D eigenvalue weighted by Gasteiger charge is -2.13. The van der Waals surface area contributed by atoms with Crippen LogP contribution < -0.4 is 10.6 Å². The van der Waals surface area contributed by atoms with Gasteiger partial charge in [-0.1, -0.05) is 39.7 Å². The summed E-state index contributed by atoms with van der Waals surface area (Å²) < 4.78 is 0.809. The number of amides is 2. The maximum atomic E-state index is 12.5. The highest BCUT2D eigenvalue weighted by molar-refractivity contribution is 9.10. The topological polar surface area (TPSA) is 95.5 Å². The molecule has 2 aromatic rings. The SMILES string of the molecule is C[C@@H](NC(=O)/C(=C\c1ccc(Cl)cc1)NC(=O)c1ccc(Br)cc1)C(=O)O. The van der Waals surface area contributed by atoms with Crippen molar-refractivity contribution in [3.8, 4) is 0 Å². The van der Waals surface area contributed by atoms with Gasteiger partial charge in [0.05, 0.1) is 0 Å². The fraction of sp³-hybridized carbons (Fsp3) is 0.105. The molecule has 0 aliphatic heterocycles. The van der Waals surface area contributed by atoms with Gasteiger partial charge in [0.15, 0.2) is 0 Å². The van der Waals surface area contributed by atoms with Gasteiger partial charge in [-0.3, -0.25) is 14.4 Å². The largest absolute Gasteiger partial charge is 0.480 e. The molecular formula is C19H16BrClN2O4. The Bertz CT molecular complexity index is 880. The van der Waals surface area contributed by atoms with Crippen molar-refractivity contribution in [2.24, 2.45) is 0 Å². The van der Waals surface area contributed by atoms with E-state index in [2.05, 4.69) is 26.6 Å². The van der Waals surface area contributed by atoms with Crippen molar-refractivity contribution in [2.45, 2.75) is 13.0 Å². The van der Waals surface area contributed by atoms with Gasteiger partial charge in [0.2, 0.25) is 0 Å². The lowest BCUT2D eigenvalue weighted by molar-refractivity contribution is -0.140. The van der Waals surface area contributed by atoms with E-state index in [0.29, 0.717) is 16.1 Å². The summed E-state index contributed by atoms with van der Waals surface area (Å²) >= 11 is 9.14. The zero-order valence-electron chi connectivity index (χ0n) is 14.2. The maximum Gasteiger partial charge on any atom is 0.325 e. The van der Waals surface area contributed by atoms with E-state index < -0.39 is 23.8 Å².